The van der Waals surface area contributed by atoms with E-state index in [4.69, 9.17) is 5.14 Å². The van der Waals surface area contributed by atoms with Crippen LogP contribution in [0.15, 0.2) is 64.4 Å². The Labute approximate surface area is 265 Å². The number of hydrogen-bond acceptors (Lipinski definition) is 11. The van der Waals surface area contributed by atoms with Crippen LogP contribution >= 0.6 is 11.8 Å². The van der Waals surface area contributed by atoms with E-state index < -0.39 is 67.6 Å². The zero-order valence-electron chi connectivity index (χ0n) is 24.0. The third-order valence-corrected chi connectivity index (χ3v) is 9.73. The molecule has 2 aliphatic rings. The third kappa shape index (κ3) is 6.46. The Balaban J connectivity index is 1.28. The number of fused-ring (bicyclic) bond motifs is 1. The first-order chi connectivity index (χ1) is 21.5. The smallest absolute Gasteiger partial charge is 0.327 e. The predicted molar refractivity (Wildman–Crippen MR) is 165 cm³/mol. The Kier molecular flexibility index (Phi) is 8.41. The molecule has 3 heterocycles. The standard InChI is InChI=1S/C27H28N8O9S2/c1-27(2)19(24(40)41)35-22(39)18(23(35)45-27)32-21(38)17(12-3-7-14(36)8-4-12)33-26(42)31-16-11-29-25(34-20(16)37)30-13-5-9-15(10-6-13)46(28,43)44/h3-11,17-19,23,36H,1-2H3,(H,32,38)(H,40,41)(H2,28,43,44)(H2,31,33,42)(H2,29,30,34,37)/t17-,18-,19+,23-/m1/s1. The Bertz CT molecular complexity index is 1880. The van der Waals surface area contributed by atoms with E-state index in [0.29, 0.717) is 5.69 Å². The van der Waals surface area contributed by atoms with Gasteiger partial charge >= 0.3 is 12.0 Å². The first-order valence-corrected chi connectivity index (χ1v) is 15.9. The maximum atomic E-state index is 13.5. The summed E-state index contributed by atoms with van der Waals surface area (Å²) in [6, 6.07) is 6.16. The van der Waals surface area contributed by atoms with Gasteiger partial charge in [-0.3, -0.25) is 19.4 Å². The maximum absolute atomic E-state index is 13.5. The second-order valence-electron chi connectivity index (χ2n) is 10.9. The van der Waals surface area contributed by atoms with Gasteiger partial charge in [0.25, 0.3) is 5.56 Å². The molecule has 0 spiro atoms. The summed E-state index contributed by atoms with van der Waals surface area (Å²) in [5.41, 5.74) is -0.445. The van der Waals surface area contributed by atoms with Crippen LogP contribution in [0, 0.1) is 0 Å². The zero-order valence-corrected chi connectivity index (χ0v) is 25.7. The fourth-order valence-corrected chi connectivity index (χ4v) is 7.19. The number of phenolic OH excluding ortho intramolecular Hbond substituents is 1. The lowest BCUT2D eigenvalue weighted by Crippen LogP contribution is -2.71. The number of rotatable bonds is 9. The molecule has 46 heavy (non-hydrogen) atoms. The van der Waals surface area contributed by atoms with Crippen molar-refractivity contribution < 1.29 is 37.8 Å². The molecule has 5 rings (SSSR count). The van der Waals surface area contributed by atoms with Crippen LogP contribution < -0.4 is 32.0 Å². The molecular formula is C27H28N8O9S2. The number of β-lactam (4-membered cyclic amide) rings is 1. The summed E-state index contributed by atoms with van der Waals surface area (Å²) in [5, 5.41) is 33.9. The topological polar surface area (TPSA) is 266 Å². The van der Waals surface area contributed by atoms with Crippen LogP contribution in [0.4, 0.5) is 22.1 Å². The number of nitrogens with one attached hydrogen (secondary N) is 5. The molecule has 2 saturated heterocycles. The minimum absolute atomic E-state index is 0.0297. The maximum Gasteiger partial charge on any atom is 0.327 e. The number of amides is 4. The zero-order chi connectivity index (χ0) is 33.6. The van der Waals surface area contributed by atoms with Crippen molar-refractivity contribution in [3.8, 4) is 5.75 Å². The minimum atomic E-state index is -3.89. The van der Waals surface area contributed by atoms with E-state index in [-0.39, 0.29) is 27.8 Å². The molecule has 2 aromatic carbocycles. The lowest BCUT2D eigenvalue weighted by molar-refractivity contribution is -0.161. The highest BCUT2D eigenvalue weighted by molar-refractivity contribution is 8.01. The molecule has 4 amide bonds. The predicted octanol–water partition coefficient (Wildman–Crippen LogP) is 0.361. The number of anilines is 3. The number of carbonyl (C=O) groups is 4. The molecule has 2 fully saturated rings. The van der Waals surface area contributed by atoms with Crippen LogP contribution in [0.3, 0.4) is 0 Å². The molecule has 0 bridgehead atoms. The fourth-order valence-electron chi connectivity index (χ4n) is 5.05. The van der Waals surface area contributed by atoms with Crippen LogP contribution in [-0.2, 0) is 24.4 Å². The van der Waals surface area contributed by atoms with Gasteiger partial charge in [0, 0.05) is 10.4 Å². The molecule has 242 valence electrons. The van der Waals surface area contributed by atoms with Gasteiger partial charge in [0.1, 0.15) is 34.9 Å². The van der Waals surface area contributed by atoms with E-state index in [1.54, 1.807) is 13.8 Å². The summed E-state index contributed by atoms with van der Waals surface area (Å²) >= 11 is 1.23. The van der Waals surface area contributed by atoms with Crippen molar-refractivity contribution in [2.24, 2.45) is 5.14 Å². The number of primary sulfonamides is 1. The van der Waals surface area contributed by atoms with Gasteiger partial charge in [-0.05, 0) is 55.8 Å². The number of aromatic hydroxyl groups is 1. The number of phenols is 1. The van der Waals surface area contributed by atoms with Gasteiger partial charge in [-0.2, -0.15) is 0 Å². The highest BCUT2D eigenvalue weighted by atomic mass is 32.2. The number of nitrogens with two attached hydrogens (primary N) is 1. The van der Waals surface area contributed by atoms with E-state index in [1.807, 2.05) is 0 Å². The van der Waals surface area contributed by atoms with Crippen LogP contribution in [0.25, 0.3) is 0 Å². The number of nitrogens with zero attached hydrogens (tertiary/aromatic N) is 2. The molecule has 0 aliphatic carbocycles. The van der Waals surface area contributed by atoms with Gasteiger partial charge < -0.3 is 36.4 Å². The van der Waals surface area contributed by atoms with Crippen molar-refractivity contribution in [1.29, 1.82) is 0 Å². The highest BCUT2D eigenvalue weighted by Gasteiger charge is 2.64. The van der Waals surface area contributed by atoms with Crippen LogP contribution in [0.1, 0.15) is 25.5 Å². The number of aromatic nitrogens is 2. The normalized spacial score (nSPS) is 20.5. The second-order valence-corrected chi connectivity index (χ2v) is 14.2. The molecule has 2 aliphatic heterocycles. The first kappa shape index (κ1) is 32.3. The number of aromatic amines is 1. The average Bonchev–Trinajstić information content (AvgIpc) is 3.24. The van der Waals surface area contributed by atoms with Gasteiger partial charge in [0.15, 0.2) is 0 Å². The van der Waals surface area contributed by atoms with Crippen molar-refractivity contribution in [1.82, 2.24) is 25.5 Å². The SMILES string of the molecule is CC1(C)S[C@@H]2[C@H](NC(=O)[C@H](NC(=O)Nc3cnc(Nc4ccc(S(N)(=O)=O)cc4)[nH]c3=O)c3ccc(O)cc3)C(=O)N2[C@H]1C(=O)O. The number of sulfonamides is 1. The summed E-state index contributed by atoms with van der Waals surface area (Å²) in [6.07, 6.45) is 1.05. The summed E-state index contributed by atoms with van der Waals surface area (Å²) < 4.78 is 22.0. The van der Waals surface area contributed by atoms with Crippen LogP contribution in [-0.4, -0.2) is 79.5 Å². The number of carboxylic acid groups (broad SMARTS) is 1. The number of urea groups is 1. The number of aliphatic carboxylic acids is 1. The lowest BCUT2D eigenvalue weighted by Gasteiger charge is -2.44. The van der Waals surface area contributed by atoms with Crippen molar-refractivity contribution in [2.45, 2.75) is 47.0 Å². The summed E-state index contributed by atoms with van der Waals surface area (Å²) in [5.74, 6) is -2.67. The Morgan fingerprint density at radius 2 is 1.74 bits per heavy atom. The number of thioether (sulfide) groups is 1. The van der Waals surface area contributed by atoms with Crippen LogP contribution in [0.5, 0.6) is 5.75 Å². The second kappa shape index (κ2) is 12.0. The number of carbonyl (C=O) groups excluding carboxylic acids is 3. The molecular weight excluding hydrogens is 644 g/mol. The number of H-pyrrole nitrogens is 1. The highest BCUT2D eigenvalue weighted by Crippen LogP contribution is 2.50. The van der Waals surface area contributed by atoms with Crippen molar-refractivity contribution >= 4 is 62.9 Å². The molecule has 3 aromatic rings. The fraction of sp³-hybridized carbons (Fsp3) is 0.259. The van der Waals surface area contributed by atoms with E-state index in [0.717, 1.165) is 6.20 Å². The van der Waals surface area contributed by atoms with Gasteiger partial charge in [-0.25, -0.2) is 28.1 Å². The van der Waals surface area contributed by atoms with Crippen molar-refractivity contribution in [3.63, 3.8) is 0 Å². The monoisotopic (exact) mass is 672 g/mol. The molecule has 0 saturated carbocycles. The Morgan fingerprint density at radius 3 is 2.33 bits per heavy atom. The molecule has 1 aromatic heterocycles. The summed E-state index contributed by atoms with van der Waals surface area (Å²) in [7, 11) is -3.89. The molecule has 17 nitrogen and oxygen atoms in total. The van der Waals surface area contributed by atoms with E-state index in [2.05, 4.69) is 31.2 Å². The third-order valence-electron chi connectivity index (χ3n) is 7.23. The van der Waals surface area contributed by atoms with Gasteiger partial charge in [0.2, 0.25) is 27.8 Å². The number of carboxylic acids is 1. The van der Waals surface area contributed by atoms with Gasteiger partial charge in [-0.1, -0.05) is 12.1 Å². The van der Waals surface area contributed by atoms with E-state index in [1.165, 1.54) is 65.2 Å². The molecule has 19 heteroatoms. The largest absolute Gasteiger partial charge is 0.508 e. The van der Waals surface area contributed by atoms with Crippen molar-refractivity contribution in [3.05, 3.63) is 70.6 Å². The molecule has 4 atom stereocenters. The number of hydrogen-bond donors (Lipinski definition) is 8. The summed E-state index contributed by atoms with van der Waals surface area (Å²) in [6.45, 7) is 3.39. The number of benzene rings is 2. The van der Waals surface area contributed by atoms with E-state index >= 15 is 0 Å². The van der Waals surface area contributed by atoms with E-state index in [9.17, 15) is 42.6 Å². The van der Waals surface area contributed by atoms with Crippen LogP contribution in [0.2, 0.25) is 0 Å². The quantitative estimate of drug-likeness (QED) is 0.143. The molecule has 0 radical (unpaired) electrons. The van der Waals surface area contributed by atoms with Gasteiger partial charge in [-0.15, -0.1) is 11.8 Å². The van der Waals surface area contributed by atoms with Gasteiger partial charge in [0.05, 0.1) is 11.1 Å². The molecule has 9 N–H and O–H groups in total. The molecule has 0 unspecified atom stereocenters. The first-order valence-electron chi connectivity index (χ1n) is 13.4. The average molecular weight is 673 g/mol. The lowest BCUT2D eigenvalue weighted by atomic mass is 9.95. The summed E-state index contributed by atoms with van der Waals surface area (Å²) in [4.78, 5) is 71.4. The van der Waals surface area contributed by atoms with Crippen molar-refractivity contribution in [2.75, 3.05) is 10.6 Å². The minimum Gasteiger partial charge on any atom is -0.508 e. The Hall–Kier alpha value is -5.14. The Morgan fingerprint density at radius 1 is 1.09 bits per heavy atom.